The number of Topliss-reactive ketones (excluding diaryl/α,β-unsaturated/α-hetero) is 1. The van der Waals surface area contributed by atoms with Gasteiger partial charge in [0.25, 0.3) is 0 Å². The van der Waals surface area contributed by atoms with Gasteiger partial charge in [0.2, 0.25) is 5.95 Å². The summed E-state index contributed by atoms with van der Waals surface area (Å²) in [5.74, 6) is 1.94. The molecule has 1 aliphatic rings. The lowest BCUT2D eigenvalue weighted by Crippen LogP contribution is -2.27. The summed E-state index contributed by atoms with van der Waals surface area (Å²) in [6.07, 6.45) is 0. The van der Waals surface area contributed by atoms with Gasteiger partial charge in [0.05, 0.1) is 31.3 Å². The van der Waals surface area contributed by atoms with Gasteiger partial charge >= 0.3 is 0 Å². The molecule has 0 unspecified atom stereocenters. The third-order valence-electron chi connectivity index (χ3n) is 4.94. The molecule has 0 aliphatic carbocycles. The maximum absolute atomic E-state index is 12.6. The number of fused-ring (bicyclic) bond motifs is 3. The largest absolute Gasteiger partial charge is 0.493 e. The minimum atomic E-state index is -0.365. The van der Waals surface area contributed by atoms with Crippen LogP contribution in [0.5, 0.6) is 11.5 Å². The molecule has 0 bridgehead atoms. The first-order valence-electron chi connectivity index (χ1n) is 8.73. The minimum absolute atomic E-state index is 0.00157. The molecule has 2 heterocycles. The maximum atomic E-state index is 12.6. The topological polar surface area (TPSA) is 65.4 Å². The lowest BCUT2D eigenvalue weighted by molar-refractivity contribution is -0.114. The Kier molecular flexibility index (Phi) is 4.11. The van der Waals surface area contributed by atoms with Crippen LogP contribution in [-0.4, -0.2) is 29.6 Å². The molecule has 0 saturated carbocycles. The molecule has 1 aliphatic heterocycles. The number of imidazole rings is 1. The molecule has 1 atom stereocenters. The standard InChI is InChI=1S/C21H21N3O3/c1-12-18(13(2)25)19(14-8-7-11-17(26-3)20(14)27-4)24-16-10-6-5-9-15(16)23-21(24)22-12/h5-11,19H,1-4H3,(H,22,23)/t19-/m1/s1. The zero-order chi connectivity index (χ0) is 19.1. The summed E-state index contributed by atoms with van der Waals surface area (Å²) < 4.78 is 13.2. The van der Waals surface area contributed by atoms with Crippen molar-refractivity contribution in [3.05, 3.63) is 59.3 Å². The molecule has 0 radical (unpaired) electrons. The van der Waals surface area contributed by atoms with Crippen molar-refractivity contribution in [1.82, 2.24) is 9.55 Å². The zero-order valence-corrected chi connectivity index (χ0v) is 15.7. The molecular formula is C21H21N3O3. The summed E-state index contributed by atoms with van der Waals surface area (Å²) in [6.45, 7) is 3.49. The highest BCUT2D eigenvalue weighted by Gasteiger charge is 2.34. The zero-order valence-electron chi connectivity index (χ0n) is 15.7. The van der Waals surface area contributed by atoms with Crippen LogP contribution in [0.15, 0.2) is 53.7 Å². The highest BCUT2D eigenvalue weighted by molar-refractivity contribution is 5.98. The fraction of sp³-hybridized carbons (Fsp3) is 0.238. The summed E-state index contributed by atoms with van der Waals surface area (Å²) in [5, 5.41) is 3.29. The number of aromatic nitrogens is 2. The van der Waals surface area contributed by atoms with E-state index in [1.807, 2.05) is 49.4 Å². The van der Waals surface area contributed by atoms with E-state index in [1.165, 1.54) is 0 Å². The number of ketones is 1. The van der Waals surface area contributed by atoms with Crippen LogP contribution in [-0.2, 0) is 4.79 Å². The quantitative estimate of drug-likeness (QED) is 0.761. The highest BCUT2D eigenvalue weighted by Crippen LogP contribution is 2.44. The van der Waals surface area contributed by atoms with Gasteiger partial charge in [-0.05, 0) is 32.0 Å². The SMILES string of the molecule is COc1cccc([C@@H]2C(C(C)=O)=C(C)Nc3nc4ccccc4n32)c1OC. The van der Waals surface area contributed by atoms with E-state index >= 15 is 0 Å². The third kappa shape index (κ3) is 2.56. The summed E-state index contributed by atoms with van der Waals surface area (Å²) in [4.78, 5) is 17.3. The summed E-state index contributed by atoms with van der Waals surface area (Å²) in [5.41, 5.74) is 4.13. The van der Waals surface area contributed by atoms with E-state index in [0.717, 1.165) is 22.3 Å². The smallest absolute Gasteiger partial charge is 0.209 e. The van der Waals surface area contributed by atoms with Crippen molar-refractivity contribution in [2.24, 2.45) is 0 Å². The lowest BCUT2D eigenvalue weighted by atomic mass is 9.91. The highest BCUT2D eigenvalue weighted by atomic mass is 16.5. The first kappa shape index (κ1) is 17.1. The van der Waals surface area contributed by atoms with Gasteiger partial charge in [0, 0.05) is 16.8 Å². The van der Waals surface area contributed by atoms with Crippen molar-refractivity contribution in [3.63, 3.8) is 0 Å². The third-order valence-corrected chi connectivity index (χ3v) is 4.94. The molecule has 27 heavy (non-hydrogen) atoms. The first-order valence-corrected chi connectivity index (χ1v) is 8.73. The molecule has 0 spiro atoms. The van der Waals surface area contributed by atoms with Crippen LogP contribution >= 0.6 is 0 Å². The molecule has 1 aromatic heterocycles. The van der Waals surface area contributed by atoms with Crippen LogP contribution in [0.25, 0.3) is 11.0 Å². The van der Waals surface area contributed by atoms with Gasteiger partial charge in [-0.3, -0.25) is 9.36 Å². The van der Waals surface area contributed by atoms with Gasteiger partial charge in [-0.15, -0.1) is 0 Å². The number of allylic oxidation sites excluding steroid dienone is 2. The monoisotopic (exact) mass is 363 g/mol. The van der Waals surface area contributed by atoms with Crippen LogP contribution in [0.2, 0.25) is 0 Å². The van der Waals surface area contributed by atoms with Crippen molar-refractivity contribution in [2.45, 2.75) is 19.9 Å². The number of carbonyl (C=O) groups is 1. The lowest BCUT2D eigenvalue weighted by Gasteiger charge is -2.31. The van der Waals surface area contributed by atoms with Crippen LogP contribution in [0, 0.1) is 0 Å². The summed E-state index contributed by atoms with van der Waals surface area (Å²) >= 11 is 0. The second kappa shape index (κ2) is 6.46. The van der Waals surface area contributed by atoms with Gasteiger partial charge in [-0.25, -0.2) is 4.98 Å². The molecule has 0 fully saturated rings. The Morgan fingerprint density at radius 2 is 1.89 bits per heavy atom. The maximum Gasteiger partial charge on any atom is 0.209 e. The van der Waals surface area contributed by atoms with Crippen molar-refractivity contribution < 1.29 is 14.3 Å². The molecule has 0 amide bonds. The number of methoxy groups -OCH3 is 2. The molecule has 138 valence electrons. The van der Waals surface area contributed by atoms with Gasteiger partial charge in [-0.1, -0.05) is 24.3 Å². The normalized spacial score (nSPS) is 16.1. The minimum Gasteiger partial charge on any atom is -0.493 e. The number of nitrogens with zero attached hydrogens (tertiary/aromatic N) is 2. The second-order valence-corrected chi connectivity index (χ2v) is 6.50. The van der Waals surface area contributed by atoms with Crippen LogP contribution < -0.4 is 14.8 Å². The van der Waals surface area contributed by atoms with Crippen LogP contribution in [0.1, 0.15) is 25.5 Å². The van der Waals surface area contributed by atoms with Crippen LogP contribution in [0.3, 0.4) is 0 Å². The molecule has 3 aromatic rings. The predicted molar refractivity (Wildman–Crippen MR) is 104 cm³/mol. The van der Waals surface area contributed by atoms with Crippen molar-refractivity contribution in [2.75, 3.05) is 19.5 Å². The molecule has 6 heteroatoms. The van der Waals surface area contributed by atoms with Crippen molar-refractivity contribution in [3.8, 4) is 11.5 Å². The number of hydrogen-bond acceptors (Lipinski definition) is 5. The number of para-hydroxylation sites is 3. The van der Waals surface area contributed by atoms with E-state index in [9.17, 15) is 4.79 Å². The Bertz CT molecular complexity index is 1080. The Morgan fingerprint density at radius 1 is 1.11 bits per heavy atom. The summed E-state index contributed by atoms with van der Waals surface area (Å²) in [6, 6.07) is 13.2. The van der Waals surface area contributed by atoms with E-state index in [1.54, 1.807) is 21.1 Å². The number of ether oxygens (including phenoxy) is 2. The number of hydrogen-bond donors (Lipinski definition) is 1. The van der Waals surface area contributed by atoms with E-state index in [2.05, 4.69) is 9.88 Å². The fourth-order valence-corrected chi connectivity index (χ4v) is 3.84. The number of nitrogens with one attached hydrogen (secondary N) is 1. The number of carbonyl (C=O) groups excluding carboxylic acids is 1. The molecule has 2 aromatic carbocycles. The van der Waals surface area contributed by atoms with Gasteiger partial charge in [-0.2, -0.15) is 0 Å². The van der Waals surface area contributed by atoms with E-state index in [4.69, 9.17) is 14.5 Å². The first-order chi connectivity index (χ1) is 13.1. The van der Waals surface area contributed by atoms with Gasteiger partial charge < -0.3 is 14.8 Å². The number of rotatable bonds is 4. The summed E-state index contributed by atoms with van der Waals surface area (Å²) in [7, 11) is 3.22. The number of anilines is 1. The fourth-order valence-electron chi connectivity index (χ4n) is 3.84. The van der Waals surface area contributed by atoms with Crippen molar-refractivity contribution in [1.29, 1.82) is 0 Å². The van der Waals surface area contributed by atoms with E-state index in [-0.39, 0.29) is 11.8 Å². The van der Waals surface area contributed by atoms with Crippen LogP contribution in [0.4, 0.5) is 5.95 Å². The van der Waals surface area contributed by atoms with E-state index in [0.29, 0.717) is 23.0 Å². The molecule has 6 nitrogen and oxygen atoms in total. The Morgan fingerprint density at radius 3 is 2.59 bits per heavy atom. The van der Waals surface area contributed by atoms with E-state index < -0.39 is 0 Å². The Labute approximate surface area is 157 Å². The van der Waals surface area contributed by atoms with Crippen molar-refractivity contribution >= 4 is 22.8 Å². The van der Waals surface area contributed by atoms with Gasteiger partial charge in [0.15, 0.2) is 17.3 Å². The average Bonchev–Trinajstić information content (AvgIpc) is 3.03. The molecular weight excluding hydrogens is 342 g/mol. The Balaban J connectivity index is 2.07. The molecule has 0 saturated heterocycles. The molecule has 4 rings (SSSR count). The average molecular weight is 363 g/mol. The number of benzene rings is 2. The van der Waals surface area contributed by atoms with Gasteiger partial charge in [0.1, 0.15) is 0 Å². The Hall–Kier alpha value is -3.28. The molecule has 1 N–H and O–H groups in total. The second-order valence-electron chi connectivity index (χ2n) is 6.50. The predicted octanol–water partition coefficient (Wildman–Crippen LogP) is 3.93.